The number of benzene rings is 2. The van der Waals surface area contributed by atoms with Gasteiger partial charge in [-0.15, -0.1) is 24.8 Å². The third-order valence-electron chi connectivity index (χ3n) is 4.26. The van der Waals surface area contributed by atoms with Crippen LogP contribution in [0.2, 0.25) is 0 Å². The lowest BCUT2D eigenvalue weighted by molar-refractivity contribution is -0.122. The molecular formula is C19H25Cl2N3O. The van der Waals surface area contributed by atoms with E-state index in [2.05, 4.69) is 58.7 Å². The number of anilines is 1. The van der Waals surface area contributed by atoms with Crippen molar-refractivity contribution in [2.75, 3.05) is 11.4 Å². The Morgan fingerprint density at radius 2 is 1.76 bits per heavy atom. The van der Waals surface area contributed by atoms with Crippen molar-refractivity contribution < 1.29 is 4.79 Å². The van der Waals surface area contributed by atoms with Crippen molar-refractivity contribution in [3.05, 3.63) is 65.2 Å². The topological polar surface area (TPSA) is 58.4 Å². The number of nitrogens with two attached hydrogens (primary N) is 1. The molecule has 3 N–H and O–H groups in total. The second-order valence-electron chi connectivity index (χ2n) is 6.12. The lowest BCUT2D eigenvalue weighted by atomic mass is 10.1. The molecule has 1 atom stereocenters. The molecule has 0 unspecified atom stereocenters. The highest BCUT2D eigenvalue weighted by molar-refractivity contribution is 5.85. The Balaban J connectivity index is 0.00000156. The lowest BCUT2D eigenvalue weighted by Gasteiger charge is -2.19. The van der Waals surface area contributed by atoms with E-state index in [0.29, 0.717) is 6.54 Å². The number of hydrogen-bond acceptors (Lipinski definition) is 3. The number of halogens is 2. The van der Waals surface area contributed by atoms with E-state index in [1.165, 1.54) is 16.8 Å². The number of nitrogens with zero attached hydrogens (tertiary/aromatic N) is 1. The number of carbonyl (C=O) groups excluding carboxylic acids is 1. The van der Waals surface area contributed by atoms with E-state index in [9.17, 15) is 4.79 Å². The van der Waals surface area contributed by atoms with Crippen molar-refractivity contribution in [1.29, 1.82) is 0 Å². The summed E-state index contributed by atoms with van der Waals surface area (Å²) in [4.78, 5) is 13.9. The van der Waals surface area contributed by atoms with Crippen molar-refractivity contribution in [2.24, 2.45) is 5.73 Å². The molecule has 0 aromatic heterocycles. The molecule has 25 heavy (non-hydrogen) atoms. The first kappa shape index (κ1) is 21.3. The van der Waals surface area contributed by atoms with Crippen molar-refractivity contribution in [1.82, 2.24) is 5.32 Å². The maximum Gasteiger partial charge on any atom is 0.236 e. The molecule has 2 aromatic carbocycles. The molecule has 2 aromatic rings. The van der Waals surface area contributed by atoms with Gasteiger partial charge < -0.3 is 16.0 Å². The van der Waals surface area contributed by atoms with E-state index < -0.39 is 6.04 Å². The lowest BCUT2D eigenvalue weighted by Crippen LogP contribution is -2.37. The van der Waals surface area contributed by atoms with E-state index in [0.717, 1.165) is 25.1 Å². The van der Waals surface area contributed by atoms with Gasteiger partial charge in [0.05, 0.1) is 6.04 Å². The van der Waals surface area contributed by atoms with Gasteiger partial charge in [-0.1, -0.05) is 42.5 Å². The molecule has 1 aliphatic rings. The number of para-hydroxylation sites is 1. The van der Waals surface area contributed by atoms with Crippen LogP contribution in [0, 0.1) is 0 Å². The van der Waals surface area contributed by atoms with E-state index in [4.69, 9.17) is 5.73 Å². The van der Waals surface area contributed by atoms with Gasteiger partial charge in [-0.25, -0.2) is 0 Å². The summed E-state index contributed by atoms with van der Waals surface area (Å²) in [7, 11) is 0. The number of amides is 1. The molecule has 4 nitrogen and oxygen atoms in total. The van der Waals surface area contributed by atoms with E-state index in [1.54, 1.807) is 6.92 Å². The van der Waals surface area contributed by atoms with Crippen molar-refractivity contribution in [3.63, 3.8) is 0 Å². The van der Waals surface area contributed by atoms with Crippen LogP contribution in [-0.4, -0.2) is 18.5 Å². The zero-order chi connectivity index (χ0) is 16.2. The van der Waals surface area contributed by atoms with Gasteiger partial charge >= 0.3 is 0 Å². The predicted octanol–water partition coefficient (Wildman–Crippen LogP) is 3.06. The maximum atomic E-state index is 11.5. The van der Waals surface area contributed by atoms with Crippen LogP contribution >= 0.6 is 24.8 Å². The Kier molecular flexibility index (Phi) is 8.23. The summed E-state index contributed by atoms with van der Waals surface area (Å²) < 4.78 is 0. The first-order valence-corrected chi connectivity index (χ1v) is 8.07. The van der Waals surface area contributed by atoms with Gasteiger partial charge in [0.2, 0.25) is 5.91 Å². The predicted molar refractivity (Wildman–Crippen MR) is 108 cm³/mol. The molecule has 1 heterocycles. The summed E-state index contributed by atoms with van der Waals surface area (Å²) in [6, 6.07) is 16.5. The summed E-state index contributed by atoms with van der Waals surface area (Å²) in [6.07, 6.45) is 1.12. The highest BCUT2D eigenvalue weighted by atomic mass is 35.5. The van der Waals surface area contributed by atoms with Gasteiger partial charge in [0, 0.05) is 25.3 Å². The molecule has 0 aliphatic carbocycles. The third-order valence-corrected chi connectivity index (χ3v) is 4.26. The number of rotatable bonds is 5. The molecule has 0 saturated carbocycles. The average molecular weight is 382 g/mol. The van der Waals surface area contributed by atoms with Crippen molar-refractivity contribution in [3.8, 4) is 0 Å². The Bertz CT molecular complexity index is 689. The summed E-state index contributed by atoms with van der Waals surface area (Å²) >= 11 is 0. The maximum absolute atomic E-state index is 11.5. The minimum absolute atomic E-state index is 0. The van der Waals surface area contributed by atoms with Gasteiger partial charge in [-0.3, -0.25) is 4.79 Å². The highest BCUT2D eigenvalue weighted by Gasteiger charge is 2.18. The summed E-state index contributed by atoms with van der Waals surface area (Å²) in [5.41, 5.74) is 10.7. The number of fused-ring (bicyclic) bond motifs is 1. The molecule has 3 rings (SSSR count). The highest BCUT2D eigenvalue weighted by Crippen LogP contribution is 2.28. The zero-order valence-corrected chi connectivity index (χ0v) is 15.9. The SMILES string of the molecule is C[C@@H](N)C(=O)NCc1ccc(CN2CCc3ccccc32)cc1.Cl.Cl. The second-order valence-corrected chi connectivity index (χ2v) is 6.12. The van der Waals surface area contributed by atoms with Gasteiger partial charge in [-0.2, -0.15) is 0 Å². The summed E-state index contributed by atoms with van der Waals surface area (Å²) in [5.74, 6) is -0.122. The molecule has 1 amide bonds. The van der Waals surface area contributed by atoms with Gasteiger partial charge in [0.25, 0.3) is 0 Å². The Hall–Kier alpha value is -1.75. The number of nitrogens with one attached hydrogen (secondary N) is 1. The Labute approximate surface area is 161 Å². The van der Waals surface area contributed by atoms with Crippen LogP contribution in [0.15, 0.2) is 48.5 Å². The minimum Gasteiger partial charge on any atom is -0.367 e. The van der Waals surface area contributed by atoms with Gasteiger partial charge in [0.15, 0.2) is 0 Å². The molecule has 0 bridgehead atoms. The molecule has 1 aliphatic heterocycles. The standard InChI is InChI=1S/C19H23N3O.2ClH/c1-14(20)19(23)21-12-15-6-8-16(9-7-15)13-22-11-10-17-4-2-3-5-18(17)22;;/h2-9,14H,10-13,20H2,1H3,(H,21,23);2*1H/t14-;;/m1../s1. The summed E-state index contributed by atoms with van der Waals surface area (Å²) in [5, 5.41) is 2.83. The van der Waals surface area contributed by atoms with Crippen LogP contribution in [0.4, 0.5) is 5.69 Å². The molecule has 0 spiro atoms. The molecule has 0 fully saturated rings. The number of carbonyl (C=O) groups is 1. The fourth-order valence-corrected chi connectivity index (χ4v) is 2.90. The summed E-state index contributed by atoms with van der Waals surface area (Å²) in [6.45, 7) is 4.20. The molecular weight excluding hydrogens is 357 g/mol. The Morgan fingerprint density at radius 1 is 1.12 bits per heavy atom. The first-order valence-electron chi connectivity index (χ1n) is 8.07. The van der Waals surface area contributed by atoms with Crippen molar-refractivity contribution >= 4 is 36.4 Å². The zero-order valence-electron chi connectivity index (χ0n) is 14.3. The molecule has 0 saturated heterocycles. The first-order chi connectivity index (χ1) is 11.1. The third kappa shape index (κ3) is 5.36. The largest absolute Gasteiger partial charge is 0.367 e. The number of hydrogen-bond donors (Lipinski definition) is 2. The average Bonchev–Trinajstić information content (AvgIpc) is 2.97. The molecule has 6 heteroatoms. The normalized spacial score (nSPS) is 13.3. The fourth-order valence-electron chi connectivity index (χ4n) is 2.90. The minimum atomic E-state index is -0.468. The quantitative estimate of drug-likeness (QED) is 0.836. The van der Waals surface area contributed by atoms with Crippen LogP contribution in [0.25, 0.3) is 0 Å². The Morgan fingerprint density at radius 3 is 2.44 bits per heavy atom. The van der Waals surface area contributed by atoms with Gasteiger partial charge in [-0.05, 0) is 36.1 Å². The fraction of sp³-hybridized carbons (Fsp3) is 0.316. The molecule has 0 radical (unpaired) electrons. The molecule has 136 valence electrons. The van der Waals surface area contributed by atoms with Crippen LogP contribution in [0.5, 0.6) is 0 Å². The van der Waals surface area contributed by atoms with Crippen LogP contribution in [-0.2, 0) is 24.3 Å². The smallest absolute Gasteiger partial charge is 0.236 e. The van der Waals surface area contributed by atoms with Crippen LogP contribution in [0.1, 0.15) is 23.6 Å². The van der Waals surface area contributed by atoms with E-state index >= 15 is 0 Å². The van der Waals surface area contributed by atoms with Crippen molar-refractivity contribution in [2.45, 2.75) is 32.5 Å². The van der Waals surface area contributed by atoms with Gasteiger partial charge in [0.1, 0.15) is 0 Å². The van der Waals surface area contributed by atoms with E-state index in [1.807, 2.05) is 0 Å². The van der Waals surface area contributed by atoms with Crippen LogP contribution in [0.3, 0.4) is 0 Å². The second kappa shape index (κ2) is 9.66. The van der Waals surface area contributed by atoms with Crippen LogP contribution < -0.4 is 16.0 Å². The van der Waals surface area contributed by atoms with E-state index in [-0.39, 0.29) is 30.7 Å². The monoisotopic (exact) mass is 381 g/mol.